The molecule has 0 unspecified atom stereocenters. The zero-order valence-electron chi connectivity index (χ0n) is 19.8. The Labute approximate surface area is 207 Å². The lowest BCUT2D eigenvalue weighted by Crippen LogP contribution is -2.51. The predicted molar refractivity (Wildman–Crippen MR) is 134 cm³/mol. The molecule has 182 valence electrons. The van der Waals surface area contributed by atoms with Crippen LogP contribution in [0.25, 0.3) is 11.2 Å². The van der Waals surface area contributed by atoms with Crippen LogP contribution >= 0.6 is 0 Å². The van der Waals surface area contributed by atoms with Crippen molar-refractivity contribution in [2.45, 2.75) is 6.54 Å². The molecule has 36 heavy (non-hydrogen) atoms. The van der Waals surface area contributed by atoms with Gasteiger partial charge in [-0.15, -0.1) is 0 Å². The number of carbonyl (C=O) groups is 2. The second-order valence-electron chi connectivity index (χ2n) is 8.46. The molecule has 2 aromatic carbocycles. The van der Waals surface area contributed by atoms with Crippen LogP contribution in [0.2, 0.25) is 0 Å². The van der Waals surface area contributed by atoms with E-state index in [1.165, 1.54) is 4.57 Å². The number of methoxy groups -OCH3 is 1. The molecule has 1 fully saturated rings. The fourth-order valence-corrected chi connectivity index (χ4v) is 4.39. The first kappa shape index (κ1) is 23.2. The fraction of sp³-hybridized carbons (Fsp3) is 0.222. The van der Waals surface area contributed by atoms with Gasteiger partial charge in [-0.3, -0.25) is 19.0 Å². The number of nitrogens with zero attached hydrogens (tertiary/aromatic N) is 5. The van der Waals surface area contributed by atoms with Gasteiger partial charge in [0, 0.05) is 43.5 Å². The molecule has 9 heteroatoms. The zero-order valence-corrected chi connectivity index (χ0v) is 19.8. The normalized spacial score (nSPS) is 13.6. The number of fused-ring (bicyclic) bond motifs is 1. The Morgan fingerprint density at radius 3 is 2.25 bits per heavy atom. The largest absolute Gasteiger partial charge is 0.496 e. The van der Waals surface area contributed by atoms with Gasteiger partial charge in [-0.25, -0.2) is 9.97 Å². The summed E-state index contributed by atoms with van der Waals surface area (Å²) in [7, 11) is 1.57. The standard InChI is InChI=1S/C27H25N5O4/c1-36-22-12-6-5-10-20(22)18-32-24-21(11-7-13-28-24)29-23(27(32)35)26(34)31-16-14-30(15-17-31)25(33)19-8-3-2-4-9-19/h2-13H,14-18H2,1H3. The lowest BCUT2D eigenvalue weighted by molar-refractivity contribution is 0.0531. The second kappa shape index (κ2) is 9.99. The van der Waals surface area contributed by atoms with E-state index in [9.17, 15) is 14.4 Å². The molecule has 3 heterocycles. The van der Waals surface area contributed by atoms with Gasteiger partial charge in [-0.05, 0) is 30.3 Å². The molecule has 2 amide bonds. The lowest BCUT2D eigenvalue weighted by atomic mass is 10.1. The van der Waals surface area contributed by atoms with E-state index in [4.69, 9.17) is 4.74 Å². The zero-order chi connectivity index (χ0) is 25.1. The van der Waals surface area contributed by atoms with Crippen molar-refractivity contribution in [3.05, 3.63) is 100 Å². The monoisotopic (exact) mass is 483 g/mol. The summed E-state index contributed by atoms with van der Waals surface area (Å²) in [6.45, 7) is 1.57. The van der Waals surface area contributed by atoms with Crippen LogP contribution in [-0.4, -0.2) is 69.4 Å². The van der Waals surface area contributed by atoms with E-state index in [0.29, 0.717) is 48.7 Å². The summed E-state index contributed by atoms with van der Waals surface area (Å²) in [6.07, 6.45) is 1.59. The number of piperazine rings is 1. The maximum Gasteiger partial charge on any atom is 0.284 e. The molecule has 0 N–H and O–H groups in total. The van der Waals surface area contributed by atoms with E-state index in [0.717, 1.165) is 5.56 Å². The van der Waals surface area contributed by atoms with Gasteiger partial charge in [-0.2, -0.15) is 0 Å². The molecule has 0 radical (unpaired) electrons. The summed E-state index contributed by atoms with van der Waals surface area (Å²) in [4.78, 5) is 51.8. The Morgan fingerprint density at radius 1 is 0.861 bits per heavy atom. The molecule has 0 aliphatic carbocycles. The maximum absolute atomic E-state index is 13.5. The Balaban J connectivity index is 1.42. The highest BCUT2D eigenvalue weighted by molar-refractivity contribution is 5.95. The molecular weight excluding hydrogens is 458 g/mol. The van der Waals surface area contributed by atoms with Crippen LogP contribution in [0.15, 0.2) is 77.7 Å². The maximum atomic E-state index is 13.5. The predicted octanol–water partition coefficient (Wildman–Crippen LogP) is 2.45. The average molecular weight is 484 g/mol. The van der Waals surface area contributed by atoms with Crippen molar-refractivity contribution in [1.29, 1.82) is 0 Å². The summed E-state index contributed by atoms with van der Waals surface area (Å²) in [5.74, 6) is 0.112. The number of rotatable bonds is 5. The molecule has 5 rings (SSSR count). The number of amides is 2. The summed E-state index contributed by atoms with van der Waals surface area (Å²) in [5.41, 5.74) is 1.57. The van der Waals surface area contributed by atoms with Crippen LogP contribution in [0.3, 0.4) is 0 Å². The highest BCUT2D eigenvalue weighted by Gasteiger charge is 2.29. The van der Waals surface area contributed by atoms with Crippen molar-refractivity contribution < 1.29 is 14.3 Å². The summed E-state index contributed by atoms with van der Waals surface area (Å²) in [5, 5.41) is 0. The van der Waals surface area contributed by atoms with Gasteiger partial charge in [-0.1, -0.05) is 36.4 Å². The third-order valence-electron chi connectivity index (χ3n) is 6.30. The minimum Gasteiger partial charge on any atom is -0.496 e. The Morgan fingerprint density at radius 2 is 1.53 bits per heavy atom. The lowest BCUT2D eigenvalue weighted by Gasteiger charge is -2.34. The van der Waals surface area contributed by atoms with Crippen LogP contribution < -0.4 is 10.3 Å². The first-order valence-corrected chi connectivity index (χ1v) is 11.7. The summed E-state index contributed by atoms with van der Waals surface area (Å²) in [6, 6.07) is 19.9. The van der Waals surface area contributed by atoms with E-state index in [2.05, 4.69) is 9.97 Å². The van der Waals surface area contributed by atoms with Gasteiger partial charge in [0.2, 0.25) is 0 Å². The van der Waals surface area contributed by atoms with E-state index in [1.54, 1.807) is 47.4 Å². The second-order valence-corrected chi connectivity index (χ2v) is 8.46. The molecule has 2 aromatic heterocycles. The number of ether oxygens (including phenoxy) is 1. The molecule has 0 spiro atoms. The highest BCUT2D eigenvalue weighted by Crippen LogP contribution is 2.20. The molecular formula is C27H25N5O4. The van der Waals surface area contributed by atoms with Crippen LogP contribution in [0.4, 0.5) is 0 Å². The Kier molecular flexibility index (Phi) is 6.44. The van der Waals surface area contributed by atoms with Crippen molar-refractivity contribution in [2.24, 2.45) is 0 Å². The molecule has 1 saturated heterocycles. The number of pyridine rings is 1. The molecule has 0 bridgehead atoms. The van der Waals surface area contributed by atoms with Crippen molar-refractivity contribution in [1.82, 2.24) is 24.3 Å². The highest BCUT2D eigenvalue weighted by atomic mass is 16.5. The van der Waals surface area contributed by atoms with Gasteiger partial charge < -0.3 is 14.5 Å². The Hall–Kier alpha value is -4.53. The number of hydrogen-bond donors (Lipinski definition) is 0. The van der Waals surface area contributed by atoms with Gasteiger partial charge in [0.1, 0.15) is 11.3 Å². The molecule has 4 aromatic rings. The van der Waals surface area contributed by atoms with E-state index in [-0.39, 0.29) is 18.1 Å². The summed E-state index contributed by atoms with van der Waals surface area (Å²) < 4.78 is 6.91. The fourth-order valence-electron chi connectivity index (χ4n) is 4.39. The van der Waals surface area contributed by atoms with Crippen LogP contribution in [0.1, 0.15) is 26.4 Å². The number of aromatic nitrogens is 3. The van der Waals surface area contributed by atoms with E-state index < -0.39 is 11.5 Å². The number of para-hydroxylation sites is 1. The smallest absolute Gasteiger partial charge is 0.284 e. The number of benzene rings is 2. The van der Waals surface area contributed by atoms with Crippen molar-refractivity contribution in [2.75, 3.05) is 33.3 Å². The minimum absolute atomic E-state index is 0.0724. The molecule has 1 aliphatic rings. The van der Waals surface area contributed by atoms with Crippen molar-refractivity contribution in [3.8, 4) is 5.75 Å². The molecule has 9 nitrogen and oxygen atoms in total. The van der Waals surface area contributed by atoms with Gasteiger partial charge >= 0.3 is 0 Å². The third kappa shape index (κ3) is 4.43. The van der Waals surface area contributed by atoms with Crippen molar-refractivity contribution in [3.63, 3.8) is 0 Å². The third-order valence-corrected chi connectivity index (χ3v) is 6.30. The van der Waals surface area contributed by atoms with Crippen LogP contribution in [-0.2, 0) is 6.54 Å². The Bertz CT molecular complexity index is 1480. The average Bonchev–Trinajstić information content (AvgIpc) is 2.94. The van der Waals surface area contributed by atoms with Crippen LogP contribution in [0, 0.1) is 0 Å². The van der Waals surface area contributed by atoms with Crippen LogP contribution in [0.5, 0.6) is 5.75 Å². The number of hydrogen-bond acceptors (Lipinski definition) is 6. The minimum atomic E-state index is -0.514. The van der Waals surface area contributed by atoms with Gasteiger partial charge in [0.25, 0.3) is 17.4 Å². The first-order valence-electron chi connectivity index (χ1n) is 11.7. The molecule has 0 atom stereocenters. The first-order chi connectivity index (χ1) is 17.6. The molecule has 0 saturated carbocycles. The summed E-state index contributed by atoms with van der Waals surface area (Å²) >= 11 is 0. The van der Waals surface area contributed by atoms with Gasteiger partial charge in [0.05, 0.1) is 13.7 Å². The van der Waals surface area contributed by atoms with E-state index >= 15 is 0 Å². The quantitative estimate of drug-likeness (QED) is 0.433. The van der Waals surface area contributed by atoms with Gasteiger partial charge in [0.15, 0.2) is 11.3 Å². The van der Waals surface area contributed by atoms with E-state index in [1.807, 2.05) is 42.5 Å². The SMILES string of the molecule is COc1ccccc1Cn1c(=O)c(C(=O)N2CCN(C(=O)c3ccccc3)CC2)nc2cccnc21. The topological polar surface area (TPSA) is 97.6 Å². The number of carbonyl (C=O) groups excluding carboxylic acids is 2. The molecule has 1 aliphatic heterocycles. The van der Waals surface area contributed by atoms with Crippen molar-refractivity contribution >= 4 is 23.0 Å².